The van der Waals surface area contributed by atoms with Crippen molar-refractivity contribution < 1.29 is 13.2 Å². The molecule has 0 spiro atoms. The van der Waals surface area contributed by atoms with Crippen molar-refractivity contribution in [3.05, 3.63) is 12.7 Å². The lowest BCUT2D eigenvalue weighted by molar-refractivity contribution is -0.116. The number of hydrogen-bond acceptors (Lipinski definition) is 3. The minimum Gasteiger partial charge on any atom is -0.353 e. The van der Waals surface area contributed by atoms with Crippen LogP contribution in [0.1, 0.15) is 6.42 Å². The van der Waals surface area contributed by atoms with Crippen LogP contribution in [0.2, 0.25) is 0 Å². The van der Waals surface area contributed by atoms with E-state index in [2.05, 4.69) is 11.9 Å². The van der Waals surface area contributed by atoms with Crippen LogP contribution in [-0.4, -0.2) is 32.9 Å². The fourth-order valence-corrected chi connectivity index (χ4v) is 1.29. The van der Waals surface area contributed by atoms with Crippen LogP contribution in [0, 0.1) is 0 Å². The van der Waals surface area contributed by atoms with Gasteiger partial charge in [-0.25, -0.2) is 8.42 Å². The normalized spacial score (nSPS) is 10.8. The van der Waals surface area contributed by atoms with Gasteiger partial charge in [-0.15, -0.1) is 0 Å². The second-order valence-corrected chi connectivity index (χ2v) is 4.74. The highest BCUT2D eigenvalue weighted by Crippen LogP contribution is 1.86. The number of rotatable bonds is 5. The van der Waals surface area contributed by atoms with Gasteiger partial charge < -0.3 is 5.32 Å². The lowest BCUT2D eigenvalue weighted by atomic mass is 10.4. The Labute approximate surface area is 72.6 Å². The molecule has 1 N–H and O–H groups in total. The molecule has 4 nitrogen and oxygen atoms in total. The number of nitrogens with one attached hydrogen (secondary N) is 1. The standard InChI is InChI=1S/C7H13NO3S/c1-3-7(9)8-5-4-6-12(2,10)11/h3H,1,4-6H2,2H3,(H,8,9). The molecule has 0 aliphatic rings. The molecule has 0 saturated heterocycles. The molecular formula is C7H13NO3S. The first-order valence-electron chi connectivity index (χ1n) is 3.53. The van der Waals surface area contributed by atoms with Crippen LogP contribution in [0.4, 0.5) is 0 Å². The van der Waals surface area contributed by atoms with Gasteiger partial charge in [0.1, 0.15) is 9.84 Å². The summed E-state index contributed by atoms with van der Waals surface area (Å²) in [5.74, 6) is -0.173. The van der Waals surface area contributed by atoms with Gasteiger partial charge >= 0.3 is 0 Å². The van der Waals surface area contributed by atoms with Gasteiger partial charge in [-0.3, -0.25) is 4.79 Å². The molecule has 0 unspecified atom stereocenters. The van der Waals surface area contributed by atoms with E-state index in [4.69, 9.17) is 0 Å². The summed E-state index contributed by atoms with van der Waals surface area (Å²) in [4.78, 5) is 10.6. The van der Waals surface area contributed by atoms with Crippen molar-refractivity contribution in [2.75, 3.05) is 18.6 Å². The van der Waals surface area contributed by atoms with Crippen molar-refractivity contribution in [2.24, 2.45) is 0 Å². The Morgan fingerprint density at radius 2 is 2.17 bits per heavy atom. The first kappa shape index (κ1) is 11.2. The van der Waals surface area contributed by atoms with E-state index in [0.29, 0.717) is 13.0 Å². The molecule has 12 heavy (non-hydrogen) atoms. The molecule has 0 aliphatic heterocycles. The predicted octanol–water partition coefficient (Wildman–Crippen LogP) is -0.277. The first-order valence-corrected chi connectivity index (χ1v) is 5.60. The van der Waals surface area contributed by atoms with Gasteiger partial charge in [0, 0.05) is 12.8 Å². The Morgan fingerprint density at radius 3 is 2.58 bits per heavy atom. The molecule has 0 bridgehead atoms. The van der Waals surface area contributed by atoms with E-state index in [1.807, 2.05) is 0 Å². The molecule has 0 aromatic heterocycles. The van der Waals surface area contributed by atoms with E-state index in [9.17, 15) is 13.2 Å². The molecule has 70 valence electrons. The molecule has 0 rings (SSSR count). The lowest BCUT2D eigenvalue weighted by Crippen LogP contribution is -2.23. The Morgan fingerprint density at radius 1 is 1.58 bits per heavy atom. The Kier molecular flexibility index (Phi) is 4.58. The van der Waals surface area contributed by atoms with E-state index in [1.54, 1.807) is 0 Å². The van der Waals surface area contributed by atoms with Crippen molar-refractivity contribution in [1.82, 2.24) is 5.32 Å². The molecule has 0 fully saturated rings. The van der Waals surface area contributed by atoms with Crippen molar-refractivity contribution in [1.29, 1.82) is 0 Å². The zero-order valence-electron chi connectivity index (χ0n) is 7.04. The summed E-state index contributed by atoms with van der Waals surface area (Å²) in [6, 6.07) is 0. The lowest BCUT2D eigenvalue weighted by Gasteiger charge is -1.99. The van der Waals surface area contributed by atoms with Crippen LogP contribution in [0.3, 0.4) is 0 Å². The topological polar surface area (TPSA) is 63.2 Å². The summed E-state index contributed by atoms with van der Waals surface area (Å²) >= 11 is 0. The van der Waals surface area contributed by atoms with Gasteiger partial charge in [0.15, 0.2) is 0 Å². The van der Waals surface area contributed by atoms with E-state index < -0.39 is 9.84 Å². The SMILES string of the molecule is C=CC(=O)NCCCS(C)(=O)=O. The second kappa shape index (κ2) is 4.92. The minimum atomic E-state index is -2.91. The average molecular weight is 191 g/mol. The van der Waals surface area contributed by atoms with E-state index in [0.717, 1.165) is 6.08 Å². The number of carbonyl (C=O) groups excluding carboxylic acids is 1. The molecule has 0 radical (unpaired) electrons. The largest absolute Gasteiger partial charge is 0.353 e. The molecule has 0 heterocycles. The van der Waals surface area contributed by atoms with E-state index >= 15 is 0 Å². The summed E-state index contributed by atoms with van der Waals surface area (Å²) in [7, 11) is -2.91. The van der Waals surface area contributed by atoms with Gasteiger partial charge in [0.05, 0.1) is 5.75 Å². The summed E-state index contributed by atoms with van der Waals surface area (Å²) < 4.78 is 21.2. The van der Waals surface area contributed by atoms with Crippen molar-refractivity contribution in [3.63, 3.8) is 0 Å². The maximum Gasteiger partial charge on any atom is 0.243 e. The van der Waals surface area contributed by atoms with Gasteiger partial charge in [-0.1, -0.05) is 6.58 Å². The maximum absolute atomic E-state index is 10.6. The summed E-state index contributed by atoms with van der Waals surface area (Å²) in [6.45, 7) is 3.63. The predicted molar refractivity (Wildman–Crippen MR) is 47.5 cm³/mol. The quantitative estimate of drug-likeness (QED) is 0.480. The maximum atomic E-state index is 10.6. The third-order valence-corrected chi connectivity index (χ3v) is 2.21. The molecule has 0 atom stereocenters. The summed E-state index contributed by atoms with van der Waals surface area (Å²) in [6.07, 6.45) is 2.77. The molecule has 5 heteroatoms. The van der Waals surface area contributed by atoms with E-state index in [1.165, 1.54) is 6.26 Å². The van der Waals surface area contributed by atoms with Crippen molar-refractivity contribution in [3.8, 4) is 0 Å². The highest BCUT2D eigenvalue weighted by molar-refractivity contribution is 7.90. The zero-order chi connectivity index (χ0) is 9.61. The number of amides is 1. The third-order valence-electron chi connectivity index (χ3n) is 1.18. The smallest absolute Gasteiger partial charge is 0.243 e. The summed E-state index contributed by atoms with van der Waals surface area (Å²) in [5.41, 5.74) is 0. The molecule has 0 aromatic rings. The monoisotopic (exact) mass is 191 g/mol. The van der Waals surface area contributed by atoms with Crippen molar-refractivity contribution >= 4 is 15.7 Å². The van der Waals surface area contributed by atoms with Crippen molar-refractivity contribution in [2.45, 2.75) is 6.42 Å². The molecule has 0 aromatic carbocycles. The fourth-order valence-electron chi connectivity index (χ4n) is 0.618. The summed E-state index contributed by atoms with van der Waals surface area (Å²) in [5, 5.41) is 2.48. The van der Waals surface area contributed by atoms with E-state index in [-0.39, 0.29) is 11.7 Å². The zero-order valence-corrected chi connectivity index (χ0v) is 7.86. The Balaban J connectivity index is 3.47. The second-order valence-electron chi connectivity index (χ2n) is 2.48. The van der Waals surface area contributed by atoms with Crippen LogP contribution in [0.5, 0.6) is 0 Å². The number of sulfone groups is 1. The molecule has 0 aliphatic carbocycles. The number of hydrogen-bond donors (Lipinski definition) is 1. The van der Waals surface area contributed by atoms with Crippen LogP contribution in [-0.2, 0) is 14.6 Å². The van der Waals surface area contributed by atoms with Crippen LogP contribution < -0.4 is 5.32 Å². The average Bonchev–Trinajstić information content (AvgIpc) is 1.96. The minimum absolute atomic E-state index is 0.102. The van der Waals surface area contributed by atoms with Gasteiger partial charge in [-0.05, 0) is 12.5 Å². The van der Waals surface area contributed by atoms with Crippen LogP contribution in [0.15, 0.2) is 12.7 Å². The highest BCUT2D eigenvalue weighted by Gasteiger charge is 2.01. The van der Waals surface area contributed by atoms with Gasteiger partial charge in [0.2, 0.25) is 5.91 Å². The molecular weight excluding hydrogens is 178 g/mol. The van der Waals surface area contributed by atoms with Crippen LogP contribution >= 0.6 is 0 Å². The van der Waals surface area contributed by atoms with Gasteiger partial charge in [0.25, 0.3) is 0 Å². The Hall–Kier alpha value is -0.840. The Bertz CT molecular complexity index is 256. The van der Waals surface area contributed by atoms with Crippen LogP contribution in [0.25, 0.3) is 0 Å². The third kappa shape index (κ3) is 7.27. The fraction of sp³-hybridized carbons (Fsp3) is 0.571. The number of carbonyl (C=O) groups is 1. The first-order chi connectivity index (χ1) is 5.45. The molecule has 1 amide bonds. The molecule has 0 saturated carbocycles. The highest BCUT2D eigenvalue weighted by atomic mass is 32.2. The van der Waals surface area contributed by atoms with Gasteiger partial charge in [-0.2, -0.15) is 0 Å².